The number of carbonyl (C=O) groups excluding carboxylic acids is 1. The SMILES string of the molecule is CCOCCCC(=O)NCC1CCCN1. The molecule has 1 rings (SSSR count). The third-order valence-corrected chi connectivity index (χ3v) is 2.60. The Morgan fingerprint density at radius 2 is 2.47 bits per heavy atom. The Morgan fingerprint density at radius 1 is 1.60 bits per heavy atom. The molecule has 0 aliphatic carbocycles. The van der Waals surface area contributed by atoms with Crippen molar-refractivity contribution in [3.8, 4) is 0 Å². The lowest BCUT2D eigenvalue weighted by Gasteiger charge is -2.11. The number of ether oxygens (including phenoxy) is 1. The molecule has 0 saturated carbocycles. The maximum absolute atomic E-state index is 11.4. The van der Waals surface area contributed by atoms with Gasteiger partial charge in [0.05, 0.1) is 0 Å². The zero-order valence-corrected chi connectivity index (χ0v) is 9.55. The van der Waals surface area contributed by atoms with Gasteiger partial charge in [0.25, 0.3) is 0 Å². The zero-order valence-electron chi connectivity index (χ0n) is 9.55. The van der Waals surface area contributed by atoms with E-state index in [0.717, 1.165) is 26.1 Å². The Balaban J connectivity index is 1.93. The molecule has 0 spiro atoms. The number of rotatable bonds is 7. The summed E-state index contributed by atoms with van der Waals surface area (Å²) in [6.07, 6.45) is 3.80. The van der Waals surface area contributed by atoms with Gasteiger partial charge >= 0.3 is 0 Å². The molecular formula is C11H22N2O2. The molecule has 4 nitrogen and oxygen atoms in total. The van der Waals surface area contributed by atoms with Crippen LogP contribution in [0.25, 0.3) is 0 Å². The number of hydrogen-bond acceptors (Lipinski definition) is 3. The van der Waals surface area contributed by atoms with Crippen LogP contribution in [-0.4, -0.2) is 38.3 Å². The molecule has 0 aromatic heterocycles. The van der Waals surface area contributed by atoms with Gasteiger partial charge in [-0.15, -0.1) is 0 Å². The minimum Gasteiger partial charge on any atom is -0.382 e. The first-order valence-electron chi connectivity index (χ1n) is 5.90. The van der Waals surface area contributed by atoms with Crippen molar-refractivity contribution in [1.82, 2.24) is 10.6 Å². The maximum Gasteiger partial charge on any atom is 0.220 e. The van der Waals surface area contributed by atoms with E-state index in [4.69, 9.17) is 4.74 Å². The average molecular weight is 214 g/mol. The Labute approximate surface area is 91.8 Å². The molecule has 0 aromatic rings. The van der Waals surface area contributed by atoms with Gasteiger partial charge in [-0.25, -0.2) is 0 Å². The van der Waals surface area contributed by atoms with Crippen LogP contribution in [0.15, 0.2) is 0 Å². The first-order valence-corrected chi connectivity index (χ1v) is 5.90. The number of amides is 1. The fraction of sp³-hybridized carbons (Fsp3) is 0.909. The van der Waals surface area contributed by atoms with E-state index in [-0.39, 0.29) is 5.91 Å². The topological polar surface area (TPSA) is 50.4 Å². The van der Waals surface area contributed by atoms with Crippen LogP contribution in [0.3, 0.4) is 0 Å². The van der Waals surface area contributed by atoms with Gasteiger partial charge in [-0.2, -0.15) is 0 Å². The largest absolute Gasteiger partial charge is 0.382 e. The Kier molecular flexibility index (Phi) is 6.36. The van der Waals surface area contributed by atoms with Crippen LogP contribution >= 0.6 is 0 Å². The van der Waals surface area contributed by atoms with Gasteiger partial charge < -0.3 is 15.4 Å². The van der Waals surface area contributed by atoms with Gasteiger partial charge in [-0.05, 0) is 32.7 Å². The molecule has 1 aliphatic heterocycles. The van der Waals surface area contributed by atoms with Crippen LogP contribution in [0, 0.1) is 0 Å². The molecule has 1 atom stereocenters. The molecule has 1 amide bonds. The summed E-state index contributed by atoms with van der Waals surface area (Å²) in [7, 11) is 0. The summed E-state index contributed by atoms with van der Waals surface area (Å²) in [5.74, 6) is 0.142. The Morgan fingerprint density at radius 3 is 3.13 bits per heavy atom. The normalized spacial score (nSPS) is 20.5. The summed E-state index contributed by atoms with van der Waals surface area (Å²) in [6, 6.07) is 0.487. The second-order valence-electron chi connectivity index (χ2n) is 3.90. The predicted molar refractivity (Wildman–Crippen MR) is 59.8 cm³/mol. The number of nitrogens with one attached hydrogen (secondary N) is 2. The summed E-state index contributed by atoms with van der Waals surface area (Å²) in [5.41, 5.74) is 0. The highest BCUT2D eigenvalue weighted by Crippen LogP contribution is 2.03. The third kappa shape index (κ3) is 5.74. The van der Waals surface area contributed by atoms with Crippen molar-refractivity contribution < 1.29 is 9.53 Å². The van der Waals surface area contributed by atoms with Crippen LogP contribution in [0.5, 0.6) is 0 Å². The van der Waals surface area contributed by atoms with Crippen molar-refractivity contribution in [2.45, 2.75) is 38.6 Å². The molecule has 1 aliphatic rings. The molecule has 1 fully saturated rings. The Hall–Kier alpha value is -0.610. The van der Waals surface area contributed by atoms with E-state index in [1.165, 1.54) is 12.8 Å². The van der Waals surface area contributed by atoms with Crippen LogP contribution in [0.2, 0.25) is 0 Å². The van der Waals surface area contributed by atoms with E-state index in [2.05, 4.69) is 10.6 Å². The molecule has 4 heteroatoms. The van der Waals surface area contributed by atoms with Crippen molar-refractivity contribution in [3.63, 3.8) is 0 Å². The van der Waals surface area contributed by atoms with E-state index in [9.17, 15) is 4.79 Å². The summed E-state index contributed by atoms with van der Waals surface area (Å²) in [6.45, 7) is 5.24. The first-order chi connectivity index (χ1) is 7.33. The maximum atomic E-state index is 11.4. The molecule has 0 radical (unpaired) electrons. The van der Waals surface area contributed by atoms with Crippen LogP contribution in [0.1, 0.15) is 32.6 Å². The molecule has 1 unspecified atom stereocenters. The smallest absolute Gasteiger partial charge is 0.220 e. The molecular weight excluding hydrogens is 192 g/mol. The van der Waals surface area contributed by atoms with Gasteiger partial charge in [0.15, 0.2) is 0 Å². The van der Waals surface area contributed by atoms with Crippen molar-refractivity contribution in [2.24, 2.45) is 0 Å². The fourth-order valence-corrected chi connectivity index (χ4v) is 1.74. The third-order valence-electron chi connectivity index (χ3n) is 2.60. The molecule has 88 valence electrons. The fourth-order valence-electron chi connectivity index (χ4n) is 1.74. The van der Waals surface area contributed by atoms with E-state index in [0.29, 0.717) is 19.1 Å². The highest BCUT2D eigenvalue weighted by Gasteiger charge is 2.14. The summed E-state index contributed by atoms with van der Waals surface area (Å²) >= 11 is 0. The van der Waals surface area contributed by atoms with Crippen molar-refractivity contribution in [1.29, 1.82) is 0 Å². The standard InChI is InChI=1S/C11H22N2O2/c1-2-15-8-4-6-11(14)13-9-10-5-3-7-12-10/h10,12H,2-9H2,1H3,(H,13,14). The van der Waals surface area contributed by atoms with Gasteiger partial charge in [0.2, 0.25) is 5.91 Å². The van der Waals surface area contributed by atoms with Gasteiger partial charge in [-0.1, -0.05) is 0 Å². The summed E-state index contributed by atoms with van der Waals surface area (Å²) < 4.78 is 5.17. The second-order valence-corrected chi connectivity index (χ2v) is 3.90. The van der Waals surface area contributed by atoms with Crippen molar-refractivity contribution in [3.05, 3.63) is 0 Å². The summed E-state index contributed by atoms with van der Waals surface area (Å²) in [4.78, 5) is 11.4. The molecule has 0 aromatic carbocycles. The highest BCUT2D eigenvalue weighted by atomic mass is 16.5. The average Bonchev–Trinajstić information content (AvgIpc) is 2.74. The highest BCUT2D eigenvalue weighted by molar-refractivity contribution is 5.75. The quantitative estimate of drug-likeness (QED) is 0.612. The number of carbonyl (C=O) groups is 1. The van der Waals surface area contributed by atoms with Gasteiger partial charge in [0.1, 0.15) is 0 Å². The van der Waals surface area contributed by atoms with E-state index < -0.39 is 0 Å². The van der Waals surface area contributed by atoms with Crippen LogP contribution in [-0.2, 0) is 9.53 Å². The monoisotopic (exact) mass is 214 g/mol. The summed E-state index contributed by atoms with van der Waals surface area (Å²) in [5, 5.41) is 6.29. The molecule has 0 bridgehead atoms. The lowest BCUT2D eigenvalue weighted by atomic mass is 10.2. The molecule has 15 heavy (non-hydrogen) atoms. The zero-order chi connectivity index (χ0) is 10.9. The molecule has 2 N–H and O–H groups in total. The predicted octanol–water partition coefficient (Wildman–Crippen LogP) is 0.671. The lowest BCUT2D eigenvalue weighted by molar-refractivity contribution is -0.121. The second kappa shape index (κ2) is 7.65. The number of hydrogen-bond donors (Lipinski definition) is 2. The molecule has 1 saturated heterocycles. The van der Waals surface area contributed by atoms with Gasteiger partial charge in [0, 0.05) is 32.2 Å². The van der Waals surface area contributed by atoms with E-state index >= 15 is 0 Å². The van der Waals surface area contributed by atoms with Crippen LogP contribution < -0.4 is 10.6 Å². The van der Waals surface area contributed by atoms with Crippen molar-refractivity contribution >= 4 is 5.91 Å². The first kappa shape index (κ1) is 12.5. The van der Waals surface area contributed by atoms with E-state index in [1.54, 1.807) is 0 Å². The van der Waals surface area contributed by atoms with E-state index in [1.807, 2.05) is 6.92 Å². The molecule has 1 heterocycles. The minimum atomic E-state index is 0.142. The van der Waals surface area contributed by atoms with Gasteiger partial charge in [-0.3, -0.25) is 4.79 Å². The van der Waals surface area contributed by atoms with Crippen molar-refractivity contribution in [2.75, 3.05) is 26.3 Å². The van der Waals surface area contributed by atoms with Crippen LogP contribution in [0.4, 0.5) is 0 Å². The Bertz CT molecular complexity index is 179. The minimum absolute atomic E-state index is 0.142. The lowest BCUT2D eigenvalue weighted by Crippen LogP contribution is -2.37.